The Morgan fingerprint density at radius 2 is 1.62 bits per heavy atom. The number of benzene rings is 2. The highest BCUT2D eigenvalue weighted by Gasteiger charge is 2.46. The summed E-state index contributed by atoms with van der Waals surface area (Å²) in [5.74, 6) is 0.615. The summed E-state index contributed by atoms with van der Waals surface area (Å²) >= 11 is 0. The topological polar surface area (TPSA) is 43.8 Å². The third-order valence-electron chi connectivity index (χ3n) is 6.25. The molecular weight excluding hydrogens is 360 g/mol. The quantitative estimate of drug-likeness (QED) is 0.735. The Balaban J connectivity index is 1.58. The van der Waals surface area contributed by atoms with Gasteiger partial charge >= 0.3 is 0 Å². The van der Waals surface area contributed by atoms with E-state index in [1.165, 1.54) is 11.1 Å². The van der Waals surface area contributed by atoms with Gasteiger partial charge in [0.2, 0.25) is 5.91 Å². The summed E-state index contributed by atoms with van der Waals surface area (Å²) in [6.07, 6.45) is 6.93. The van der Waals surface area contributed by atoms with Gasteiger partial charge < -0.3 is 10.0 Å². The van der Waals surface area contributed by atoms with Crippen LogP contribution in [0.25, 0.3) is 0 Å². The highest BCUT2D eigenvalue weighted by Crippen LogP contribution is 2.36. The molecule has 2 saturated heterocycles. The maximum atomic E-state index is 13.4. The van der Waals surface area contributed by atoms with Crippen LogP contribution >= 0.6 is 0 Å². The third kappa shape index (κ3) is 4.60. The Labute approximate surface area is 173 Å². The fourth-order valence-corrected chi connectivity index (χ4v) is 4.86. The van der Waals surface area contributed by atoms with Crippen LogP contribution in [0.1, 0.15) is 30.4 Å². The lowest BCUT2D eigenvalue weighted by Gasteiger charge is -2.35. The first-order valence-electron chi connectivity index (χ1n) is 10.7. The summed E-state index contributed by atoms with van der Waals surface area (Å²) in [6.45, 7) is 2.45. The lowest BCUT2D eigenvalue weighted by Crippen LogP contribution is -2.44. The van der Waals surface area contributed by atoms with Crippen molar-refractivity contribution in [3.63, 3.8) is 0 Å². The second-order valence-electron chi connectivity index (χ2n) is 8.14. The van der Waals surface area contributed by atoms with Gasteiger partial charge in [-0.25, -0.2) is 0 Å². The van der Waals surface area contributed by atoms with Crippen molar-refractivity contribution in [1.29, 1.82) is 0 Å². The molecule has 1 amide bonds. The first kappa shape index (κ1) is 19.9. The fourth-order valence-electron chi connectivity index (χ4n) is 4.86. The Morgan fingerprint density at radius 3 is 2.21 bits per heavy atom. The van der Waals surface area contributed by atoms with Crippen molar-refractivity contribution in [1.82, 2.24) is 9.80 Å². The van der Waals surface area contributed by atoms with E-state index in [1.54, 1.807) is 0 Å². The lowest BCUT2D eigenvalue weighted by atomic mass is 9.88. The van der Waals surface area contributed by atoms with E-state index in [9.17, 15) is 9.90 Å². The number of piperidine rings is 1. The van der Waals surface area contributed by atoms with Gasteiger partial charge in [0.1, 0.15) is 0 Å². The van der Waals surface area contributed by atoms with Crippen molar-refractivity contribution >= 4 is 5.91 Å². The van der Waals surface area contributed by atoms with Crippen molar-refractivity contribution in [2.24, 2.45) is 5.92 Å². The number of carbonyl (C=O) groups is 1. The summed E-state index contributed by atoms with van der Waals surface area (Å²) in [5, 5.41) is 9.18. The lowest BCUT2D eigenvalue weighted by molar-refractivity contribution is -0.134. The van der Waals surface area contributed by atoms with Crippen LogP contribution in [0.4, 0.5) is 0 Å². The van der Waals surface area contributed by atoms with Crippen LogP contribution in [0, 0.1) is 5.92 Å². The molecule has 2 aliphatic rings. The number of aliphatic hydroxyl groups is 1. The third-order valence-corrected chi connectivity index (χ3v) is 6.25. The molecule has 4 heteroatoms. The molecule has 4 rings (SSSR count). The number of hydrogen-bond acceptors (Lipinski definition) is 3. The first-order chi connectivity index (χ1) is 14.3. The smallest absolute Gasteiger partial charge is 0.240 e. The number of aliphatic hydroxyl groups excluding tert-OH is 1. The summed E-state index contributed by atoms with van der Waals surface area (Å²) in [4.78, 5) is 17.8. The number of fused-ring (bicyclic) bond motifs is 1. The molecule has 0 spiro atoms. The van der Waals surface area contributed by atoms with E-state index in [1.807, 2.05) is 18.2 Å². The number of rotatable bonds is 7. The zero-order valence-electron chi connectivity index (χ0n) is 16.9. The molecule has 4 nitrogen and oxygen atoms in total. The van der Waals surface area contributed by atoms with Crippen LogP contribution in [0.5, 0.6) is 0 Å². The molecule has 2 heterocycles. The molecule has 3 atom stereocenters. The molecule has 2 aromatic rings. The minimum atomic E-state index is -0.0939. The van der Waals surface area contributed by atoms with E-state index in [4.69, 9.17) is 0 Å². The summed E-state index contributed by atoms with van der Waals surface area (Å²) in [7, 11) is 0. The van der Waals surface area contributed by atoms with Gasteiger partial charge in [-0.15, -0.1) is 0 Å². The zero-order valence-corrected chi connectivity index (χ0v) is 16.9. The van der Waals surface area contributed by atoms with Crippen molar-refractivity contribution in [2.45, 2.75) is 44.4 Å². The highest BCUT2D eigenvalue weighted by molar-refractivity contribution is 5.85. The number of nitrogens with zero attached hydrogens (tertiary/aromatic N) is 2. The van der Waals surface area contributed by atoms with Crippen molar-refractivity contribution in [3.8, 4) is 0 Å². The van der Waals surface area contributed by atoms with E-state index in [0.29, 0.717) is 5.92 Å². The van der Waals surface area contributed by atoms with Gasteiger partial charge in [-0.2, -0.15) is 0 Å². The molecular formula is C25H30N2O2. The average Bonchev–Trinajstić information content (AvgIpc) is 3.10. The summed E-state index contributed by atoms with van der Waals surface area (Å²) in [5.41, 5.74) is 2.47. The normalized spacial score (nSPS) is 24.4. The Morgan fingerprint density at radius 1 is 1.00 bits per heavy atom. The van der Waals surface area contributed by atoms with E-state index in [-0.39, 0.29) is 24.6 Å². The number of hydrogen-bond donors (Lipinski definition) is 1. The van der Waals surface area contributed by atoms with Crippen LogP contribution in [0.2, 0.25) is 0 Å². The second-order valence-corrected chi connectivity index (χ2v) is 8.14. The van der Waals surface area contributed by atoms with Gasteiger partial charge in [0.05, 0.1) is 12.6 Å². The molecule has 1 N–H and O–H groups in total. The molecule has 29 heavy (non-hydrogen) atoms. The fraction of sp³-hybridized carbons (Fsp3) is 0.400. The van der Waals surface area contributed by atoms with Gasteiger partial charge in [-0.05, 0) is 36.3 Å². The van der Waals surface area contributed by atoms with Gasteiger partial charge in [-0.1, -0.05) is 72.8 Å². The zero-order chi connectivity index (χ0) is 20.1. The van der Waals surface area contributed by atoms with Crippen LogP contribution in [-0.2, 0) is 17.9 Å². The maximum Gasteiger partial charge on any atom is 0.240 e. The number of amides is 1. The molecule has 0 bridgehead atoms. The number of carbonyl (C=O) groups excluding carboxylic acids is 1. The molecule has 2 fully saturated rings. The Hall–Kier alpha value is -2.43. The predicted molar refractivity (Wildman–Crippen MR) is 115 cm³/mol. The molecule has 0 radical (unpaired) electrons. The summed E-state index contributed by atoms with van der Waals surface area (Å²) in [6, 6.07) is 21.0. The minimum Gasteiger partial charge on any atom is -0.392 e. The van der Waals surface area contributed by atoms with Gasteiger partial charge in [0.15, 0.2) is 0 Å². The Bertz CT molecular complexity index is 780. The van der Waals surface area contributed by atoms with Crippen molar-refractivity contribution in [3.05, 3.63) is 83.9 Å². The predicted octanol–water partition coefficient (Wildman–Crippen LogP) is 3.62. The highest BCUT2D eigenvalue weighted by atomic mass is 16.2. The first-order valence-corrected chi connectivity index (χ1v) is 10.7. The molecule has 152 valence electrons. The van der Waals surface area contributed by atoms with Crippen LogP contribution in [-0.4, -0.2) is 46.0 Å². The van der Waals surface area contributed by atoms with Crippen LogP contribution < -0.4 is 0 Å². The van der Waals surface area contributed by atoms with E-state index < -0.39 is 0 Å². The molecule has 0 aliphatic carbocycles. The SMILES string of the molecule is O=C1[C@@H](N(Cc2ccccc2)Cc2ccccc2)C[C@@H]2C(/C=C/CO)CCCN12. The van der Waals surface area contributed by atoms with Gasteiger partial charge in [-0.3, -0.25) is 9.69 Å². The molecule has 0 aromatic heterocycles. The van der Waals surface area contributed by atoms with E-state index in [0.717, 1.165) is 38.9 Å². The minimum absolute atomic E-state index is 0.0642. The molecule has 2 aliphatic heterocycles. The van der Waals surface area contributed by atoms with Crippen LogP contribution in [0.3, 0.4) is 0 Å². The summed E-state index contributed by atoms with van der Waals surface area (Å²) < 4.78 is 0. The standard InChI is InChI=1S/C25H30N2O2/c28-16-8-14-22-13-7-15-27-23(22)17-24(25(27)29)26(18-20-9-3-1-4-10-20)19-21-11-5-2-6-12-21/h1-6,8-12,14,22-24,28H,7,13,15-19H2/b14-8+/t22?,23-,24+/m1/s1. The van der Waals surface area contributed by atoms with Gasteiger partial charge in [0, 0.05) is 25.7 Å². The molecule has 0 saturated carbocycles. The van der Waals surface area contributed by atoms with Crippen molar-refractivity contribution < 1.29 is 9.90 Å². The monoisotopic (exact) mass is 390 g/mol. The molecule has 1 unspecified atom stereocenters. The van der Waals surface area contributed by atoms with E-state index >= 15 is 0 Å². The molecule has 2 aromatic carbocycles. The Kier molecular flexibility index (Phi) is 6.43. The maximum absolute atomic E-state index is 13.4. The van der Waals surface area contributed by atoms with Gasteiger partial charge in [0.25, 0.3) is 0 Å². The van der Waals surface area contributed by atoms with Crippen LogP contribution in [0.15, 0.2) is 72.8 Å². The van der Waals surface area contributed by atoms with Crippen molar-refractivity contribution in [2.75, 3.05) is 13.2 Å². The van der Waals surface area contributed by atoms with E-state index in [2.05, 4.69) is 64.4 Å². The largest absolute Gasteiger partial charge is 0.392 e. The average molecular weight is 391 g/mol. The second kappa shape index (κ2) is 9.38.